The van der Waals surface area contributed by atoms with E-state index < -0.39 is 14.9 Å². The van der Waals surface area contributed by atoms with E-state index in [1.807, 2.05) is 0 Å². The van der Waals surface area contributed by atoms with Crippen molar-refractivity contribution in [3.05, 3.63) is 34.4 Å². The van der Waals surface area contributed by atoms with Crippen molar-refractivity contribution in [1.82, 2.24) is 4.31 Å². The van der Waals surface area contributed by atoms with Crippen LogP contribution in [0, 0.1) is 10.1 Å². The van der Waals surface area contributed by atoms with E-state index in [4.69, 9.17) is 5.11 Å². The summed E-state index contributed by atoms with van der Waals surface area (Å²) in [5, 5.41) is 19.2. The van der Waals surface area contributed by atoms with Gasteiger partial charge in [-0.25, -0.2) is 8.42 Å². The molecule has 0 heterocycles. The van der Waals surface area contributed by atoms with Crippen molar-refractivity contribution in [2.45, 2.75) is 4.90 Å². The topological polar surface area (TPSA) is 101 Å². The van der Waals surface area contributed by atoms with Gasteiger partial charge in [0.25, 0.3) is 5.69 Å². The highest BCUT2D eigenvalue weighted by Crippen LogP contribution is 2.19. The molecule has 94 valence electrons. The van der Waals surface area contributed by atoms with Gasteiger partial charge in [0.1, 0.15) is 0 Å². The Kier molecular flexibility index (Phi) is 4.16. The lowest BCUT2D eigenvalue weighted by Gasteiger charge is -2.15. The maximum absolute atomic E-state index is 11.9. The lowest BCUT2D eigenvalue weighted by molar-refractivity contribution is -0.385. The van der Waals surface area contributed by atoms with Crippen LogP contribution in [0.25, 0.3) is 0 Å². The standard InChI is InChI=1S/C9H12N2O5S/c1-10(5-6-12)17(15,16)9-4-2-3-8(7-9)11(13)14/h2-4,7,12H,5-6H2,1H3. The molecule has 1 N–H and O–H groups in total. The van der Waals surface area contributed by atoms with Crippen molar-refractivity contribution in [1.29, 1.82) is 0 Å². The largest absolute Gasteiger partial charge is 0.395 e. The van der Waals surface area contributed by atoms with Gasteiger partial charge in [-0.05, 0) is 6.07 Å². The van der Waals surface area contributed by atoms with Crippen molar-refractivity contribution >= 4 is 15.7 Å². The minimum absolute atomic E-state index is 0.0645. The average molecular weight is 260 g/mol. The van der Waals surface area contributed by atoms with Crippen LogP contribution in [-0.2, 0) is 10.0 Å². The number of sulfonamides is 1. The van der Waals surface area contributed by atoms with E-state index in [0.29, 0.717) is 0 Å². The number of nitro benzene ring substituents is 1. The summed E-state index contributed by atoms with van der Waals surface area (Å²) in [4.78, 5) is 9.71. The van der Waals surface area contributed by atoms with Gasteiger partial charge in [-0.2, -0.15) is 4.31 Å². The number of likely N-dealkylation sites (N-methyl/N-ethyl adjacent to an activating group) is 1. The van der Waals surface area contributed by atoms with Gasteiger partial charge in [0.15, 0.2) is 0 Å². The third-order valence-electron chi connectivity index (χ3n) is 2.15. The highest BCUT2D eigenvalue weighted by atomic mass is 32.2. The molecule has 17 heavy (non-hydrogen) atoms. The fourth-order valence-electron chi connectivity index (χ4n) is 1.20. The molecule has 0 spiro atoms. The van der Waals surface area contributed by atoms with Gasteiger partial charge < -0.3 is 5.11 Å². The minimum Gasteiger partial charge on any atom is -0.395 e. The predicted octanol–water partition coefficient (Wildman–Crippen LogP) is 0.208. The Hall–Kier alpha value is -1.51. The van der Waals surface area contributed by atoms with Crippen molar-refractivity contribution in [2.24, 2.45) is 0 Å². The minimum atomic E-state index is -3.79. The fourth-order valence-corrected chi connectivity index (χ4v) is 2.40. The molecule has 1 aromatic rings. The first kappa shape index (κ1) is 13.6. The molecule has 0 bridgehead atoms. The average Bonchev–Trinajstić information content (AvgIpc) is 2.29. The van der Waals surface area contributed by atoms with Crippen LogP contribution in [0.15, 0.2) is 29.2 Å². The molecule has 0 aromatic heterocycles. The molecule has 0 saturated carbocycles. The van der Waals surface area contributed by atoms with Gasteiger partial charge in [-0.1, -0.05) is 6.07 Å². The summed E-state index contributed by atoms with van der Waals surface area (Å²) < 4.78 is 24.7. The summed E-state index contributed by atoms with van der Waals surface area (Å²) in [6, 6.07) is 4.78. The van der Waals surface area contributed by atoms with E-state index in [1.165, 1.54) is 25.2 Å². The first-order valence-electron chi connectivity index (χ1n) is 4.71. The molecule has 0 aliphatic carbocycles. The number of nitro groups is 1. The van der Waals surface area contributed by atoms with E-state index in [1.54, 1.807) is 0 Å². The monoisotopic (exact) mass is 260 g/mol. The molecule has 0 saturated heterocycles. The van der Waals surface area contributed by atoms with Gasteiger partial charge in [0, 0.05) is 25.7 Å². The molecule has 0 fully saturated rings. The summed E-state index contributed by atoms with van der Waals surface area (Å²) in [6.45, 7) is -0.379. The Balaban J connectivity index is 3.15. The van der Waals surface area contributed by atoms with E-state index in [9.17, 15) is 18.5 Å². The Labute approximate surface area is 98.5 Å². The number of hydrogen-bond donors (Lipinski definition) is 1. The Morgan fingerprint density at radius 3 is 2.65 bits per heavy atom. The van der Waals surface area contributed by atoms with Crippen molar-refractivity contribution in [3.8, 4) is 0 Å². The molecular formula is C9H12N2O5S. The normalized spacial score (nSPS) is 11.7. The van der Waals surface area contributed by atoms with Crippen LogP contribution in [0.2, 0.25) is 0 Å². The third kappa shape index (κ3) is 2.99. The molecule has 1 rings (SSSR count). The lowest BCUT2D eigenvalue weighted by atomic mass is 10.3. The zero-order valence-electron chi connectivity index (χ0n) is 9.11. The van der Waals surface area contributed by atoms with Crippen LogP contribution < -0.4 is 0 Å². The van der Waals surface area contributed by atoms with Gasteiger partial charge in [-0.3, -0.25) is 10.1 Å². The van der Waals surface area contributed by atoms with Crippen molar-refractivity contribution in [2.75, 3.05) is 20.2 Å². The van der Waals surface area contributed by atoms with Crippen molar-refractivity contribution in [3.63, 3.8) is 0 Å². The van der Waals surface area contributed by atoms with Crippen LogP contribution in [0.3, 0.4) is 0 Å². The first-order valence-corrected chi connectivity index (χ1v) is 6.15. The summed E-state index contributed by atoms with van der Waals surface area (Å²) in [5.41, 5.74) is -0.288. The molecule has 0 aliphatic heterocycles. The maximum Gasteiger partial charge on any atom is 0.270 e. The fraction of sp³-hybridized carbons (Fsp3) is 0.333. The molecule has 0 radical (unpaired) electrons. The molecule has 0 aliphatic rings. The Morgan fingerprint density at radius 1 is 1.47 bits per heavy atom. The number of aliphatic hydroxyl groups is 1. The molecule has 8 heteroatoms. The lowest BCUT2D eigenvalue weighted by Crippen LogP contribution is -2.29. The van der Waals surface area contributed by atoms with Gasteiger partial charge in [0.05, 0.1) is 16.4 Å². The Morgan fingerprint density at radius 2 is 2.12 bits per heavy atom. The molecule has 7 nitrogen and oxygen atoms in total. The first-order chi connectivity index (χ1) is 7.89. The number of rotatable bonds is 5. The molecular weight excluding hydrogens is 248 g/mol. The summed E-state index contributed by atoms with van der Waals surface area (Å²) in [7, 11) is -2.49. The Bertz CT molecular complexity index is 514. The second-order valence-electron chi connectivity index (χ2n) is 3.30. The zero-order valence-corrected chi connectivity index (χ0v) is 9.92. The number of aliphatic hydroxyl groups excluding tert-OH is 1. The van der Waals surface area contributed by atoms with Crippen LogP contribution >= 0.6 is 0 Å². The van der Waals surface area contributed by atoms with Crippen molar-refractivity contribution < 1.29 is 18.4 Å². The smallest absolute Gasteiger partial charge is 0.270 e. The summed E-state index contributed by atoms with van der Waals surface area (Å²) in [6.07, 6.45) is 0. The molecule has 0 unspecified atom stereocenters. The molecule has 0 amide bonds. The van der Waals surface area contributed by atoms with E-state index in [-0.39, 0.29) is 23.7 Å². The second kappa shape index (κ2) is 5.21. The van der Waals surface area contributed by atoms with Crippen LogP contribution in [0.4, 0.5) is 5.69 Å². The van der Waals surface area contributed by atoms with Gasteiger partial charge in [-0.15, -0.1) is 0 Å². The maximum atomic E-state index is 11.9. The second-order valence-corrected chi connectivity index (χ2v) is 5.35. The SMILES string of the molecule is CN(CCO)S(=O)(=O)c1cccc([N+](=O)[O-])c1. The van der Waals surface area contributed by atoms with Gasteiger partial charge >= 0.3 is 0 Å². The van der Waals surface area contributed by atoms with Crippen LogP contribution in [-0.4, -0.2) is 43.0 Å². The number of benzene rings is 1. The quantitative estimate of drug-likeness (QED) is 0.602. The van der Waals surface area contributed by atoms with E-state index in [0.717, 1.165) is 10.4 Å². The predicted molar refractivity (Wildman–Crippen MR) is 60.0 cm³/mol. The van der Waals surface area contributed by atoms with Crippen LogP contribution in [0.5, 0.6) is 0 Å². The zero-order chi connectivity index (χ0) is 13.1. The highest BCUT2D eigenvalue weighted by Gasteiger charge is 2.22. The number of hydrogen-bond acceptors (Lipinski definition) is 5. The summed E-state index contributed by atoms with van der Waals surface area (Å²) >= 11 is 0. The van der Waals surface area contributed by atoms with Gasteiger partial charge in [0.2, 0.25) is 10.0 Å². The molecule has 1 aromatic carbocycles. The third-order valence-corrected chi connectivity index (χ3v) is 4.00. The number of nitrogens with zero attached hydrogens (tertiary/aromatic N) is 2. The van der Waals surface area contributed by atoms with Crippen LogP contribution in [0.1, 0.15) is 0 Å². The van der Waals surface area contributed by atoms with E-state index >= 15 is 0 Å². The highest BCUT2D eigenvalue weighted by molar-refractivity contribution is 7.89. The summed E-state index contributed by atoms with van der Waals surface area (Å²) in [5.74, 6) is 0. The van der Waals surface area contributed by atoms with E-state index in [2.05, 4.69) is 0 Å². The molecule has 0 atom stereocenters. The number of non-ortho nitro benzene ring substituents is 1.